The monoisotopic (exact) mass is 313 g/mol. The van der Waals surface area contributed by atoms with E-state index >= 15 is 0 Å². The number of rotatable bonds is 5. The van der Waals surface area contributed by atoms with E-state index in [1.807, 2.05) is 17.9 Å². The highest BCUT2D eigenvalue weighted by molar-refractivity contribution is 9.10. The van der Waals surface area contributed by atoms with Gasteiger partial charge in [0.25, 0.3) is 0 Å². The van der Waals surface area contributed by atoms with Crippen LogP contribution in [0.3, 0.4) is 0 Å². The van der Waals surface area contributed by atoms with Crippen molar-refractivity contribution in [1.29, 1.82) is 0 Å². The fourth-order valence-electron chi connectivity index (χ4n) is 1.72. The molecule has 17 heavy (non-hydrogen) atoms. The van der Waals surface area contributed by atoms with E-state index in [2.05, 4.69) is 50.8 Å². The molecule has 2 aromatic heterocycles. The summed E-state index contributed by atoms with van der Waals surface area (Å²) in [5.41, 5.74) is 1.07. The first-order valence-corrected chi connectivity index (χ1v) is 7.35. The predicted octanol–water partition coefficient (Wildman–Crippen LogP) is 3.33. The second-order valence-corrected chi connectivity index (χ2v) is 5.74. The number of halogens is 1. The topological polar surface area (TPSA) is 29.9 Å². The van der Waals surface area contributed by atoms with E-state index in [1.54, 1.807) is 11.3 Å². The largest absolute Gasteiger partial charge is 0.304 e. The van der Waals surface area contributed by atoms with Gasteiger partial charge in [0.2, 0.25) is 0 Å². The normalized spacial score (nSPS) is 12.9. The third-order valence-corrected chi connectivity index (χ3v) is 4.47. The summed E-state index contributed by atoms with van der Waals surface area (Å²) in [5.74, 6) is 0. The summed E-state index contributed by atoms with van der Waals surface area (Å²) in [7, 11) is 1.95. The van der Waals surface area contributed by atoms with E-state index < -0.39 is 0 Å². The van der Waals surface area contributed by atoms with Crippen LogP contribution in [0, 0.1) is 0 Å². The molecule has 2 rings (SSSR count). The lowest BCUT2D eigenvalue weighted by atomic mass is 10.1. The van der Waals surface area contributed by atoms with Crippen molar-refractivity contribution >= 4 is 27.3 Å². The van der Waals surface area contributed by atoms with Gasteiger partial charge in [0.15, 0.2) is 0 Å². The first-order valence-electron chi connectivity index (χ1n) is 5.68. The SMILES string of the molecule is CCCNC(c1ccn(C)n1)c1sccc1Br. The molecule has 0 radical (unpaired) electrons. The smallest absolute Gasteiger partial charge is 0.0875 e. The number of thiophene rings is 1. The lowest BCUT2D eigenvalue weighted by molar-refractivity contribution is 0.581. The Balaban J connectivity index is 2.28. The fraction of sp³-hybridized carbons (Fsp3) is 0.417. The number of nitrogens with one attached hydrogen (secondary N) is 1. The zero-order chi connectivity index (χ0) is 12.3. The van der Waals surface area contributed by atoms with Crippen LogP contribution in [0.1, 0.15) is 30.0 Å². The molecule has 3 nitrogen and oxygen atoms in total. The molecule has 1 atom stereocenters. The van der Waals surface area contributed by atoms with Crippen LogP contribution < -0.4 is 5.32 Å². The maximum absolute atomic E-state index is 4.50. The molecule has 2 aromatic rings. The molecule has 0 aliphatic heterocycles. The molecule has 92 valence electrons. The zero-order valence-corrected chi connectivity index (χ0v) is 12.4. The quantitative estimate of drug-likeness (QED) is 0.917. The Morgan fingerprint density at radius 1 is 1.53 bits per heavy atom. The molecule has 0 aliphatic rings. The predicted molar refractivity (Wildman–Crippen MR) is 75.4 cm³/mol. The van der Waals surface area contributed by atoms with E-state index in [9.17, 15) is 0 Å². The van der Waals surface area contributed by atoms with Gasteiger partial charge in [0, 0.05) is 22.6 Å². The number of aromatic nitrogens is 2. The van der Waals surface area contributed by atoms with Gasteiger partial charge in [-0.05, 0) is 46.4 Å². The average molecular weight is 314 g/mol. The van der Waals surface area contributed by atoms with Crippen LogP contribution in [-0.2, 0) is 7.05 Å². The summed E-state index contributed by atoms with van der Waals surface area (Å²) < 4.78 is 3.00. The maximum Gasteiger partial charge on any atom is 0.0875 e. The van der Waals surface area contributed by atoms with E-state index in [0.29, 0.717) is 0 Å². The minimum absolute atomic E-state index is 0.186. The van der Waals surface area contributed by atoms with Gasteiger partial charge < -0.3 is 5.32 Å². The van der Waals surface area contributed by atoms with Crippen molar-refractivity contribution in [2.75, 3.05) is 6.54 Å². The summed E-state index contributed by atoms with van der Waals surface area (Å²) in [4.78, 5) is 1.29. The number of hydrogen-bond donors (Lipinski definition) is 1. The second kappa shape index (κ2) is 5.80. The van der Waals surface area contributed by atoms with Crippen molar-refractivity contribution < 1.29 is 0 Å². The molecule has 0 fully saturated rings. The van der Waals surface area contributed by atoms with E-state index in [-0.39, 0.29) is 6.04 Å². The van der Waals surface area contributed by atoms with Crippen LogP contribution >= 0.6 is 27.3 Å². The van der Waals surface area contributed by atoms with E-state index in [0.717, 1.165) is 23.1 Å². The fourth-order valence-corrected chi connectivity index (χ4v) is 3.41. The molecule has 2 heterocycles. The van der Waals surface area contributed by atoms with Crippen LogP contribution in [-0.4, -0.2) is 16.3 Å². The first kappa shape index (κ1) is 12.8. The minimum Gasteiger partial charge on any atom is -0.304 e. The standard InChI is InChI=1S/C12H16BrN3S/c1-3-6-14-11(10-4-7-16(2)15-10)12-9(13)5-8-17-12/h4-5,7-8,11,14H,3,6H2,1-2H3. The van der Waals surface area contributed by atoms with Gasteiger partial charge in [-0.25, -0.2) is 0 Å². The number of aryl methyl sites for hydroxylation is 1. The van der Waals surface area contributed by atoms with Gasteiger partial charge in [-0.2, -0.15) is 5.10 Å². The molecule has 0 aromatic carbocycles. The Morgan fingerprint density at radius 3 is 2.88 bits per heavy atom. The van der Waals surface area contributed by atoms with Crippen LogP contribution in [0.4, 0.5) is 0 Å². The highest BCUT2D eigenvalue weighted by Crippen LogP contribution is 2.32. The molecule has 0 spiro atoms. The van der Waals surface area contributed by atoms with Crippen LogP contribution in [0.2, 0.25) is 0 Å². The van der Waals surface area contributed by atoms with Crippen molar-refractivity contribution in [2.24, 2.45) is 7.05 Å². The molecule has 0 bridgehead atoms. The average Bonchev–Trinajstić information content (AvgIpc) is 2.90. The molecular formula is C12H16BrN3S. The molecule has 0 amide bonds. The van der Waals surface area contributed by atoms with Gasteiger partial charge in [-0.15, -0.1) is 11.3 Å². The van der Waals surface area contributed by atoms with Gasteiger partial charge >= 0.3 is 0 Å². The Morgan fingerprint density at radius 2 is 2.35 bits per heavy atom. The summed E-state index contributed by atoms with van der Waals surface area (Å²) >= 11 is 5.35. The summed E-state index contributed by atoms with van der Waals surface area (Å²) in [6, 6.07) is 4.34. The van der Waals surface area contributed by atoms with Crippen molar-refractivity contribution in [3.8, 4) is 0 Å². The van der Waals surface area contributed by atoms with Crippen LogP contribution in [0.15, 0.2) is 28.2 Å². The van der Waals surface area contributed by atoms with Gasteiger partial charge in [-0.1, -0.05) is 6.92 Å². The first-order chi connectivity index (χ1) is 8.22. The number of hydrogen-bond acceptors (Lipinski definition) is 3. The van der Waals surface area contributed by atoms with Gasteiger partial charge in [0.1, 0.15) is 0 Å². The Hall–Kier alpha value is -0.650. The van der Waals surface area contributed by atoms with Crippen molar-refractivity contribution in [1.82, 2.24) is 15.1 Å². The summed E-state index contributed by atoms with van der Waals surface area (Å²) in [6.07, 6.45) is 3.10. The molecule has 5 heteroatoms. The molecule has 0 aliphatic carbocycles. The van der Waals surface area contributed by atoms with Crippen molar-refractivity contribution in [2.45, 2.75) is 19.4 Å². The van der Waals surface area contributed by atoms with Crippen molar-refractivity contribution in [3.63, 3.8) is 0 Å². The zero-order valence-electron chi connectivity index (χ0n) is 9.98. The highest BCUT2D eigenvalue weighted by atomic mass is 79.9. The molecule has 0 saturated heterocycles. The Bertz CT molecular complexity index is 478. The molecular weight excluding hydrogens is 298 g/mol. The summed E-state index contributed by atoms with van der Waals surface area (Å²) in [6.45, 7) is 3.16. The highest BCUT2D eigenvalue weighted by Gasteiger charge is 2.19. The van der Waals surface area contributed by atoms with E-state index in [4.69, 9.17) is 0 Å². The van der Waals surface area contributed by atoms with Gasteiger partial charge in [0.05, 0.1) is 11.7 Å². The molecule has 1 unspecified atom stereocenters. The number of nitrogens with zero attached hydrogens (tertiary/aromatic N) is 2. The second-order valence-electron chi connectivity index (χ2n) is 3.93. The van der Waals surface area contributed by atoms with Crippen LogP contribution in [0.25, 0.3) is 0 Å². The Kier molecular flexibility index (Phi) is 4.36. The minimum atomic E-state index is 0.186. The van der Waals surface area contributed by atoms with Crippen molar-refractivity contribution in [3.05, 3.63) is 38.8 Å². The lowest BCUT2D eigenvalue weighted by Crippen LogP contribution is -2.23. The molecule has 1 N–H and O–H groups in total. The van der Waals surface area contributed by atoms with E-state index in [1.165, 1.54) is 4.88 Å². The maximum atomic E-state index is 4.50. The Labute approximate surface area is 114 Å². The van der Waals surface area contributed by atoms with Crippen LogP contribution in [0.5, 0.6) is 0 Å². The lowest BCUT2D eigenvalue weighted by Gasteiger charge is -2.15. The molecule has 0 saturated carbocycles. The summed E-state index contributed by atoms with van der Waals surface area (Å²) in [5, 5.41) is 10.1. The van der Waals surface area contributed by atoms with Gasteiger partial charge in [-0.3, -0.25) is 4.68 Å². The third-order valence-electron chi connectivity index (χ3n) is 2.54. The third kappa shape index (κ3) is 2.97.